The maximum absolute atomic E-state index is 10.8. The van der Waals surface area contributed by atoms with E-state index in [9.17, 15) is 10.1 Å². The lowest BCUT2D eigenvalue weighted by Gasteiger charge is -2.08. The van der Waals surface area contributed by atoms with Crippen LogP contribution < -0.4 is 10.6 Å². The van der Waals surface area contributed by atoms with Crippen molar-refractivity contribution in [2.24, 2.45) is 0 Å². The Bertz CT molecular complexity index is 428. The highest BCUT2D eigenvalue weighted by Crippen LogP contribution is 2.20. The second-order valence-electron chi connectivity index (χ2n) is 4.00. The van der Waals surface area contributed by atoms with Gasteiger partial charge in [0.2, 0.25) is 0 Å². The molecule has 3 N–H and O–H groups in total. The Morgan fingerprint density at radius 3 is 2.65 bits per heavy atom. The van der Waals surface area contributed by atoms with E-state index in [-0.39, 0.29) is 12.3 Å². The molecular weight excluding hydrogens is 264 g/mol. The first-order valence-corrected chi connectivity index (χ1v) is 6.50. The number of aliphatic hydroxyl groups is 1. The van der Waals surface area contributed by atoms with Gasteiger partial charge in [-0.2, -0.15) is 0 Å². The molecule has 0 amide bonds. The number of pyridine rings is 1. The van der Waals surface area contributed by atoms with Crippen molar-refractivity contribution in [1.82, 2.24) is 4.98 Å². The lowest BCUT2D eigenvalue weighted by molar-refractivity contribution is -0.384. The van der Waals surface area contributed by atoms with Gasteiger partial charge in [0.05, 0.1) is 30.3 Å². The van der Waals surface area contributed by atoms with Crippen LogP contribution in [-0.2, 0) is 4.74 Å². The summed E-state index contributed by atoms with van der Waals surface area (Å²) in [4.78, 5) is 14.6. The van der Waals surface area contributed by atoms with Crippen molar-refractivity contribution < 1.29 is 14.8 Å². The molecule has 0 unspecified atom stereocenters. The summed E-state index contributed by atoms with van der Waals surface area (Å²) in [5.74, 6) is 0.929. The molecule has 0 aliphatic heterocycles. The minimum absolute atomic E-state index is 0.00465. The van der Waals surface area contributed by atoms with E-state index in [1.54, 1.807) is 0 Å². The van der Waals surface area contributed by atoms with Crippen LogP contribution in [0.2, 0.25) is 0 Å². The summed E-state index contributed by atoms with van der Waals surface area (Å²) >= 11 is 0. The summed E-state index contributed by atoms with van der Waals surface area (Å²) in [6.45, 7) is 3.97. The Labute approximate surface area is 117 Å². The Kier molecular flexibility index (Phi) is 7.30. The Hall–Kier alpha value is -1.93. The number of nitro groups is 1. The van der Waals surface area contributed by atoms with Crippen molar-refractivity contribution in [2.45, 2.75) is 13.3 Å². The van der Waals surface area contributed by atoms with E-state index in [0.717, 1.165) is 6.42 Å². The Morgan fingerprint density at radius 2 is 2.05 bits per heavy atom. The number of ether oxygens (including phenoxy) is 1. The quantitative estimate of drug-likeness (QED) is 0.337. The molecule has 112 valence electrons. The minimum atomic E-state index is -0.446. The average Bonchev–Trinajstić information content (AvgIpc) is 2.43. The number of rotatable bonds is 10. The molecule has 20 heavy (non-hydrogen) atoms. The molecule has 0 aromatic carbocycles. The molecule has 0 saturated carbocycles. The normalized spacial score (nSPS) is 10.3. The summed E-state index contributed by atoms with van der Waals surface area (Å²) in [5.41, 5.74) is -0.00465. The molecule has 8 heteroatoms. The van der Waals surface area contributed by atoms with Crippen molar-refractivity contribution in [3.8, 4) is 0 Å². The van der Waals surface area contributed by atoms with Gasteiger partial charge in [-0.15, -0.1) is 0 Å². The number of hydrogen-bond acceptors (Lipinski definition) is 7. The molecule has 0 fully saturated rings. The van der Waals surface area contributed by atoms with Crippen molar-refractivity contribution in [3.05, 3.63) is 22.2 Å². The highest BCUT2D eigenvalue weighted by atomic mass is 16.6. The van der Waals surface area contributed by atoms with Crippen LogP contribution in [0.5, 0.6) is 0 Å². The average molecular weight is 284 g/mol. The van der Waals surface area contributed by atoms with Crippen LogP contribution >= 0.6 is 0 Å². The van der Waals surface area contributed by atoms with Gasteiger partial charge in [-0.1, -0.05) is 0 Å². The number of hydrogen-bond donors (Lipinski definition) is 3. The van der Waals surface area contributed by atoms with Crippen LogP contribution in [-0.4, -0.2) is 47.9 Å². The van der Waals surface area contributed by atoms with E-state index in [2.05, 4.69) is 15.6 Å². The summed E-state index contributed by atoms with van der Waals surface area (Å²) in [5, 5.41) is 25.4. The van der Waals surface area contributed by atoms with Gasteiger partial charge in [0.15, 0.2) is 0 Å². The third-order valence-electron chi connectivity index (χ3n) is 2.39. The largest absolute Gasteiger partial charge is 0.394 e. The molecule has 1 rings (SSSR count). The van der Waals surface area contributed by atoms with Gasteiger partial charge >= 0.3 is 0 Å². The molecule has 0 aliphatic carbocycles. The second-order valence-corrected chi connectivity index (χ2v) is 4.00. The van der Waals surface area contributed by atoms with Crippen LogP contribution in [0.4, 0.5) is 17.3 Å². The molecule has 0 aliphatic rings. The summed E-state index contributed by atoms with van der Waals surface area (Å²) < 4.78 is 5.11. The fraction of sp³-hybridized carbons (Fsp3) is 0.583. The highest BCUT2D eigenvalue weighted by molar-refractivity contribution is 5.54. The first kappa shape index (κ1) is 16.1. The van der Waals surface area contributed by atoms with Gasteiger partial charge in [-0.25, -0.2) is 4.98 Å². The smallest absolute Gasteiger partial charge is 0.276 e. The van der Waals surface area contributed by atoms with Crippen LogP contribution in [0.25, 0.3) is 0 Å². The second kappa shape index (κ2) is 9.05. The number of anilines is 2. The number of nitrogens with zero attached hydrogens (tertiary/aromatic N) is 2. The van der Waals surface area contributed by atoms with Crippen molar-refractivity contribution in [1.29, 1.82) is 0 Å². The Morgan fingerprint density at radius 1 is 1.35 bits per heavy atom. The van der Waals surface area contributed by atoms with E-state index < -0.39 is 4.92 Å². The predicted octanol–water partition coefficient (Wildman–Crippen LogP) is 1.23. The molecule has 0 atom stereocenters. The fourth-order valence-corrected chi connectivity index (χ4v) is 1.54. The fourth-order valence-electron chi connectivity index (χ4n) is 1.54. The lowest BCUT2D eigenvalue weighted by atomic mass is 10.3. The molecule has 0 saturated heterocycles. The molecule has 8 nitrogen and oxygen atoms in total. The standard InChI is InChI=1S/C12H20N4O4/c1-2-13-11-8-10(16(18)19)9-12(15-11)14-4-3-6-20-7-5-17/h8-9,17H,2-7H2,1H3,(H2,13,14,15). The molecule has 0 spiro atoms. The molecule has 1 aromatic rings. The van der Waals surface area contributed by atoms with E-state index in [4.69, 9.17) is 9.84 Å². The zero-order valence-electron chi connectivity index (χ0n) is 11.5. The van der Waals surface area contributed by atoms with Gasteiger partial charge < -0.3 is 20.5 Å². The van der Waals surface area contributed by atoms with Crippen LogP contribution in [0.15, 0.2) is 12.1 Å². The zero-order valence-corrected chi connectivity index (χ0v) is 11.5. The monoisotopic (exact) mass is 284 g/mol. The predicted molar refractivity (Wildman–Crippen MR) is 76.1 cm³/mol. The lowest BCUT2D eigenvalue weighted by Crippen LogP contribution is -2.10. The van der Waals surface area contributed by atoms with Crippen molar-refractivity contribution in [2.75, 3.05) is 43.5 Å². The zero-order chi connectivity index (χ0) is 14.8. The first-order chi connectivity index (χ1) is 9.67. The molecular formula is C12H20N4O4. The van der Waals surface area contributed by atoms with Crippen molar-refractivity contribution in [3.63, 3.8) is 0 Å². The molecule has 1 heterocycles. The van der Waals surface area contributed by atoms with Crippen molar-refractivity contribution >= 4 is 17.3 Å². The third kappa shape index (κ3) is 5.81. The minimum Gasteiger partial charge on any atom is -0.394 e. The summed E-state index contributed by atoms with van der Waals surface area (Å²) in [6, 6.07) is 2.80. The maximum Gasteiger partial charge on any atom is 0.276 e. The van der Waals surface area contributed by atoms with Gasteiger partial charge in [-0.3, -0.25) is 10.1 Å². The first-order valence-electron chi connectivity index (χ1n) is 6.50. The number of aromatic nitrogens is 1. The molecule has 0 bridgehead atoms. The van der Waals surface area contributed by atoms with Crippen LogP contribution in [0.1, 0.15) is 13.3 Å². The summed E-state index contributed by atoms with van der Waals surface area (Å²) in [7, 11) is 0. The SMILES string of the molecule is CCNc1cc([N+](=O)[O-])cc(NCCCOCCO)n1. The number of nitrogens with one attached hydrogen (secondary N) is 2. The van der Waals surface area contributed by atoms with E-state index in [1.807, 2.05) is 6.92 Å². The van der Waals surface area contributed by atoms with Gasteiger partial charge in [0, 0.05) is 19.7 Å². The maximum atomic E-state index is 10.8. The topological polar surface area (TPSA) is 110 Å². The van der Waals surface area contributed by atoms with Crippen LogP contribution in [0, 0.1) is 10.1 Å². The third-order valence-corrected chi connectivity index (χ3v) is 2.39. The highest BCUT2D eigenvalue weighted by Gasteiger charge is 2.10. The molecule has 0 radical (unpaired) electrons. The van der Waals surface area contributed by atoms with Gasteiger partial charge in [0.1, 0.15) is 11.6 Å². The van der Waals surface area contributed by atoms with E-state index in [0.29, 0.717) is 37.9 Å². The summed E-state index contributed by atoms with van der Waals surface area (Å²) in [6.07, 6.45) is 0.723. The van der Waals surface area contributed by atoms with E-state index in [1.165, 1.54) is 12.1 Å². The van der Waals surface area contributed by atoms with Gasteiger partial charge in [-0.05, 0) is 13.3 Å². The Balaban J connectivity index is 2.53. The van der Waals surface area contributed by atoms with Crippen LogP contribution in [0.3, 0.4) is 0 Å². The van der Waals surface area contributed by atoms with E-state index >= 15 is 0 Å². The molecule has 1 aromatic heterocycles. The number of aliphatic hydroxyl groups excluding tert-OH is 1. The van der Waals surface area contributed by atoms with Gasteiger partial charge in [0.25, 0.3) is 5.69 Å².